The van der Waals surface area contributed by atoms with Crippen LogP contribution < -0.4 is 10.6 Å². The first-order valence-electron chi connectivity index (χ1n) is 5.24. The summed E-state index contributed by atoms with van der Waals surface area (Å²) in [5.74, 6) is -0.371. The van der Waals surface area contributed by atoms with Crippen molar-refractivity contribution in [3.63, 3.8) is 0 Å². The highest BCUT2D eigenvalue weighted by atomic mass is 19.4. The van der Waals surface area contributed by atoms with Gasteiger partial charge in [-0.15, -0.1) is 0 Å². The maximum atomic E-state index is 12.4. The minimum Gasteiger partial charge on any atom is -0.382 e. The molecule has 0 fully saturated rings. The first-order valence-corrected chi connectivity index (χ1v) is 5.24. The summed E-state index contributed by atoms with van der Waals surface area (Å²) in [5.41, 5.74) is 5.86. The van der Waals surface area contributed by atoms with Crippen LogP contribution in [0, 0.1) is 12.3 Å². The van der Waals surface area contributed by atoms with Crippen LogP contribution in [0.25, 0.3) is 0 Å². The minimum absolute atomic E-state index is 0.0694. The molecular formula is C10H14F3N5. The maximum Gasteiger partial charge on any atom is 0.406 e. The second-order valence-corrected chi connectivity index (χ2v) is 3.74. The monoisotopic (exact) mass is 261 g/mol. The van der Waals surface area contributed by atoms with Crippen molar-refractivity contribution >= 4 is 11.8 Å². The van der Waals surface area contributed by atoms with Gasteiger partial charge in [-0.3, -0.25) is 5.41 Å². The molecule has 0 aliphatic rings. The first-order chi connectivity index (χ1) is 8.23. The Kier molecular flexibility index (Phi) is 4.10. The van der Waals surface area contributed by atoms with Crippen molar-refractivity contribution < 1.29 is 13.2 Å². The van der Waals surface area contributed by atoms with E-state index in [1.807, 2.05) is 0 Å². The number of hydrogen-bond donors (Lipinski definition) is 2. The average Bonchev–Trinajstić information content (AvgIpc) is 2.23. The van der Waals surface area contributed by atoms with Crippen molar-refractivity contribution in [2.24, 2.45) is 5.73 Å². The lowest BCUT2D eigenvalue weighted by Crippen LogP contribution is -2.35. The topological polar surface area (TPSA) is 78.9 Å². The average molecular weight is 261 g/mol. The summed E-state index contributed by atoms with van der Waals surface area (Å²) in [6, 6.07) is 1.45. The van der Waals surface area contributed by atoms with Gasteiger partial charge in [0.25, 0.3) is 0 Å². The van der Waals surface area contributed by atoms with E-state index in [1.54, 1.807) is 13.8 Å². The molecule has 1 aromatic heterocycles. The Morgan fingerprint density at radius 3 is 2.50 bits per heavy atom. The van der Waals surface area contributed by atoms with E-state index in [4.69, 9.17) is 11.1 Å². The zero-order valence-corrected chi connectivity index (χ0v) is 10.0. The van der Waals surface area contributed by atoms with Crippen LogP contribution in [0.3, 0.4) is 0 Å². The molecule has 100 valence electrons. The smallest absolute Gasteiger partial charge is 0.382 e. The molecule has 0 aromatic carbocycles. The van der Waals surface area contributed by atoms with Gasteiger partial charge in [0.15, 0.2) is 0 Å². The van der Waals surface area contributed by atoms with Gasteiger partial charge in [0.2, 0.25) is 5.95 Å². The Balaban J connectivity index is 3.09. The molecule has 0 atom stereocenters. The van der Waals surface area contributed by atoms with Crippen molar-refractivity contribution in [1.82, 2.24) is 9.97 Å². The molecule has 0 aliphatic carbocycles. The molecule has 1 heterocycles. The quantitative estimate of drug-likeness (QED) is 0.635. The summed E-state index contributed by atoms with van der Waals surface area (Å²) >= 11 is 0. The highest BCUT2D eigenvalue weighted by Crippen LogP contribution is 2.19. The predicted octanol–water partition coefficient (Wildman–Crippen LogP) is 1.46. The van der Waals surface area contributed by atoms with Gasteiger partial charge >= 0.3 is 6.18 Å². The fourth-order valence-corrected chi connectivity index (χ4v) is 1.37. The largest absolute Gasteiger partial charge is 0.406 e. The lowest BCUT2D eigenvalue weighted by Gasteiger charge is -2.22. The first kappa shape index (κ1) is 14.2. The van der Waals surface area contributed by atoms with E-state index >= 15 is 0 Å². The van der Waals surface area contributed by atoms with E-state index in [1.165, 1.54) is 6.07 Å². The number of halogens is 3. The molecule has 3 N–H and O–H groups in total. The molecule has 0 aliphatic heterocycles. The summed E-state index contributed by atoms with van der Waals surface area (Å²) in [4.78, 5) is 8.77. The number of amidine groups is 1. The van der Waals surface area contributed by atoms with E-state index < -0.39 is 12.7 Å². The molecule has 0 bridgehead atoms. The number of nitrogens with zero attached hydrogens (tertiary/aromatic N) is 3. The number of alkyl halides is 3. The Labute approximate surface area is 102 Å². The van der Waals surface area contributed by atoms with E-state index in [9.17, 15) is 13.2 Å². The summed E-state index contributed by atoms with van der Waals surface area (Å²) in [5, 5.41) is 7.25. The van der Waals surface area contributed by atoms with Crippen LogP contribution in [0.5, 0.6) is 0 Å². The van der Waals surface area contributed by atoms with Crippen molar-refractivity contribution in [3.8, 4) is 0 Å². The number of aromatic nitrogens is 2. The Morgan fingerprint density at radius 1 is 1.44 bits per heavy atom. The van der Waals surface area contributed by atoms with Gasteiger partial charge in [-0.05, 0) is 19.9 Å². The van der Waals surface area contributed by atoms with E-state index in [2.05, 4.69) is 9.97 Å². The number of rotatable bonds is 4. The number of nitrogen functional groups attached to an aromatic ring is 1. The van der Waals surface area contributed by atoms with Crippen molar-refractivity contribution in [2.75, 3.05) is 18.0 Å². The lowest BCUT2D eigenvalue weighted by atomic mass is 10.3. The fraction of sp³-hybridized carbons (Fsp3) is 0.500. The summed E-state index contributed by atoms with van der Waals surface area (Å²) < 4.78 is 37.1. The third kappa shape index (κ3) is 3.86. The summed E-state index contributed by atoms with van der Waals surface area (Å²) in [7, 11) is 0. The zero-order valence-electron chi connectivity index (χ0n) is 10.0. The second-order valence-electron chi connectivity index (χ2n) is 3.74. The number of aryl methyl sites for hydroxylation is 1. The third-order valence-electron chi connectivity index (χ3n) is 2.15. The van der Waals surface area contributed by atoms with Crippen LogP contribution in [-0.4, -0.2) is 35.1 Å². The zero-order chi connectivity index (χ0) is 13.9. The molecule has 18 heavy (non-hydrogen) atoms. The Bertz CT molecular complexity index is 444. The third-order valence-corrected chi connectivity index (χ3v) is 2.15. The van der Waals surface area contributed by atoms with Gasteiger partial charge in [0, 0.05) is 12.2 Å². The second kappa shape index (κ2) is 5.19. The molecule has 0 unspecified atom stereocenters. The Hall–Kier alpha value is -1.86. The molecule has 0 radical (unpaired) electrons. The maximum absolute atomic E-state index is 12.4. The van der Waals surface area contributed by atoms with Crippen LogP contribution in [0.1, 0.15) is 18.3 Å². The molecule has 8 heteroatoms. The highest BCUT2D eigenvalue weighted by Gasteiger charge is 2.31. The fourth-order valence-electron chi connectivity index (χ4n) is 1.37. The highest BCUT2D eigenvalue weighted by molar-refractivity contribution is 5.93. The number of nitrogens with two attached hydrogens (primary N) is 1. The van der Waals surface area contributed by atoms with E-state index in [0.717, 1.165) is 4.90 Å². The SMILES string of the molecule is CCN(CC(F)(F)F)c1nc(C)cc(C(=N)N)n1. The number of anilines is 1. The molecule has 1 rings (SSSR count). The van der Waals surface area contributed by atoms with Crippen molar-refractivity contribution in [2.45, 2.75) is 20.0 Å². The van der Waals surface area contributed by atoms with Crippen LogP contribution in [0.15, 0.2) is 6.07 Å². The van der Waals surface area contributed by atoms with Gasteiger partial charge < -0.3 is 10.6 Å². The van der Waals surface area contributed by atoms with Crippen LogP contribution in [0.2, 0.25) is 0 Å². The van der Waals surface area contributed by atoms with Gasteiger partial charge in [0.1, 0.15) is 18.1 Å². The van der Waals surface area contributed by atoms with Crippen LogP contribution in [0.4, 0.5) is 19.1 Å². The van der Waals surface area contributed by atoms with Crippen LogP contribution in [-0.2, 0) is 0 Å². The minimum atomic E-state index is -4.33. The molecule has 0 saturated carbocycles. The normalized spacial score (nSPS) is 11.4. The van der Waals surface area contributed by atoms with Gasteiger partial charge in [-0.1, -0.05) is 0 Å². The van der Waals surface area contributed by atoms with Crippen LogP contribution >= 0.6 is 0 Å². The van der Waals surface area contributed by atoms with Crippen molar-refractivity contribution in [3.05, 3.63) is 17.5 Å². The van der Waals surface area contributed by atoms with Gasteiger partial charge in [-0.2, -0.15) is 13.2 Å². The van der Waals surface area contributed by atoms with E-state index in [-0.39, 0.29) is 24.0 Å². The summed E-state index contributed by atoms with van der Waals surface area (Å²) in [6.45, 7) is 2.16. The lowest BCUT2D eigenvalue weighted by molar-refractivity contribution is -0.119. The molecule has 0 saturated heterocycles. The Morgan fingerprint density at radius 2 is 2.06 bits per heavy atom. The van der Waals surface area contributed by atoms with Gasteiger partial charge in [0.05, 0.1) is 0 Å². The van der Waals surface area contributed by atoms with Gasteiger partial charge in [-0.25, -0.2) is 9.97 Å². The van der Waals surface area contributed by atoms with E-state index in [0.29, 0.717) is 5.69 Å². The number of hydrogen-bond acceptors (Lipinski definition) is 4. The molecule has 1 aromatic rings. The molecule has 5 nitrogen and oxygen atoms in total. The predicted molar refractivity (Wildman–Crippen MR) is 61.7 cm³/mol. The molecular weight excluding hydrogens is 247 g/mol. The summed E-state index contributed by atoms with van der Waals surface area (Å²) in [6.07, 6.45) is -4.33. The molecule has 0 spiro atoms. The molecule has 0 amide bonds. The number of nitrogens with one attached hydrogen (secondary N) is 1. The standard InChI is InChI=1S/C10H14F3N5/c1-3-18(5-10(11,12)13)9-16-6(2)4-7(17-9)8(14)15/h4H,3,5H2,1-2H3,(H3,14,15). The van der Waals surface area contributed by atoms with Crippen molar-refractivity contribution in [1.29, 1.82) is 5.41 Å².